The summed E-state index contributed by atoms with van der Waals surface area (Å²) >= 11 is 3.21. The monoisotopic (exact) mass is 345 g/mol. The molecule has 0 radical (unpaired) electrons. The summed E-state index contributed by atoms with van der Waals surface area (Å²) in [6, 6.07) is 9.57. The zero-order valence-electron chi connectivity index (χ0n) is 12.7. The molecular weight excluding hydrogens is 330 g/mol. The van der Waals surface area contributed by atoms with E-state index in [-0.39, 0.29) is 12.5 Å². The smallest absolute Gasteiger partial charge is 0.265 e. The first-order chi connectivity index (χ1) is 11.1. The second-order valence-corrected chi connectivity index (χ2v) is 7.07. The van der Waals surface area contributed by atoms with Gasteiger partial charge in [-0.3, -0.25) is 4.79 Å². The van der Waals surface area contributed by atoms with Crippen LogP contribution < -0.4 is 5.32 Å². The largest absolute Gasteiger partial charge is 0.385 e. The number of nitrogens with zero attached hydrogens (tertiary/aromatic N) is 2. The standard InChI is InChI=1S/C16H15N3O2S2/c1-10(14-4-3-7-22-14)19-21-9-16(20)18-12-5-6-15-13(8-12)17-11(2)23-15/h3-8H,9H2,1-2H3,(H,18,20)/b19-10-. The first-order valence-corrected chi connectivity index (χ1v) is 8.69. The molecule has 0 unspecified atom stereocenters. The van der Waals surface area contributed by atoms with E-state index in [2.05, 4.69) is 15.5 Å². The van der Waals surface area contributed by atoms with Crippen molar-refractivity contribution < 1.29 is 9.63 Å². The summed E-state index contributed by atoms with van der Waals surface area (Å²) in [6.45, 7) is 3.68. The number of nitrogens with one attached hydrogen (secondary N) is 1. The molecule has 0 aliphatic heterocycles. The van der Waals surface area contributed by atoms with Gasteiger partial charge in [0.25, 0.3) is 5.91 Å². The van der Waals surface area contributed by atoms with E-state index in [4.69, 9.17) is 4.84 Å². The molecule has 3 aromatic rings. The Morgan fingerprint density at radius 2 is 2.26 bits per heavy atom. The van der Waals surface area contributed by atoms with Crippen molar-refractivity contribution in [2.24, 2.45) is 5.16 Å². The number of aromatic nitrogens is 1. The van der Waals surface area contributed by atoms with Crippen molar-refractivity contribution in [3.05, 3.63) is 45.6 Å². The Hall–Kier alpha value is -2.25. The molecule has 3 rings (SSSR count). The molecule has 0 aliphatic carbocycles. The highest BCUT2D eigenvalue weighted by Gasteiger charge is 2.06. The van der Waals surface area contributed by atoms with E-state index in [0.717, 1.165) is 25.8 Å². The second kappa shape index (κ2) is 6.89. The molecular formula is C16H15N3O2S2. The molecule has 1 aromatic carbocycles. The zero-order chi connectivity index (χ0) is 16.2. The van der Waals surface area contributed by atoms with Crippen LogP contribution in [-0.2, 0) is 9.63 Å². The van der Waals surface area contributed by atoms with E-state index < -0.39 is 0 Å². The Balaban J connectivity index is 1.57. The van der Waals surface area contributed by atoms with Crippen molar-refractivity contribution in [3.63, 3.8) is 0 Å². The van der Waals surface area contributed by atoms with E-state index >= 15 is 0 Å². The lowest BCUT2D eigenvalue weighted by molar-refractivity contribution is -0.120. The van der Waals surface area contributed by atoms with Crippen molar-refractivity contribution >= 4 is 50.2 Å². The molecule has 1 amide bonds. The maximum Gasteiger partial charge on any atom is 0.265 e. The van der Waals surface area contributed by atoms with Crippen LogP contribution in [0, 0.1) is 6.92 Å². The van der Waals surface area contributed by atoms with Crippen molar-refractivity contribution in [3.8, 4) is 0 Å². The van der Waals surface area contributed by atoms with Gasteiger partial charge < -0.3 is 10.2 Å². The van der Waals surface area contributed by atoms with Gasteiger partial charge in [-0.1, -0.05) is 11.2 Å². The van der Waals surface area contributed by atoms with Gasteiger partial charge in [0, 0.05) is 5.69 Å². The minimum absolute atomic E-state index is 0.128. The third-order valence-electron chi connectivity index (χ3n) is 3.05. The summed E-state index contributed by atoms with van der Waals surface area (Å²) in [4.78, 5) is 22.4. The molecule has 0 atom stereocenters. The maximum atomic E-state index is 11.9. The van der Waals surface area contributed by atoms with Gasteiger partial charge in [-0.2, -0.15) is 0 Å². The fourth-order valence-corrected chi connectivity index (χ4v) is 3.51. The Morgan fingerprint density at radius 1 is 1.39 bits per heavy atom. The SMILES string of the molecule is C/C(=N/OCC(=O)Nc1ccc2sc(C)nc2c1)c1cccs1. The van der Waals surface area contributed by atoms with Crippen LogP contribution in [0.1, 0.15) is 16.8 Å². The van der Waals surface area contributed by atoms with Crippen molar-refractivity contribution in [2.75, 3.05) is 11.9 Å². The molecule has 0 saturated carbocycles. The Morgan fingerprint density at radius 3 is 3.04 bits per heavy atom. The Labute approximate surface area is 141 Å². The number of hydrogen-bond acceptors (Lipinski definition) is 6. The fourth-order valence-electron chi connectivity index (χ4n) is 2.03. The molecule has 0 aliphatic rings. The summed E-state index contributed by atoms with van der Waals surface area (Å²) in [6.07, 6.45) is 0. The number of oxime groups is 1. The van der Waals surface area contributed by atoms with Gasteiger partial charge in [0.2, 0.25) is 0 Å². The molecule has 1 N–H and O–H groups in total. The van der Waals surface area contributed by atoms with Gasteiger partial charge in [0.1, 0.15) is 0 Å². The minimum atomic E-state index is -0.251. The number of fused-ring (bicyclic) bond motifs is 1. The number of thiazole rings is 1. The summed E-state index contributed by atoms with van der Waals surface area (Å²) in [5.74, 6) is -0.251. The lowest BCUT2D eigenvalue weighted by Crippen LogP contribution is -2.17. The molecule has 23 heavy (non-hydrogen) atoms. The average molecular weight is 345 g/mol. The number of anilines is 1. The van der Waals surface area contributed by atoms with Crippen molar-refractivity contribution in [1.29, 1.82) is 0 Å². The molecule has 0 spiro atoms. The van der Waals surface area contributed by atoms with Gasteiger partial charge in [0.15, 0.2) is 6.61 Å². The minimum Gasteiger partial charge on any atom is -0.385 e. The van der Waals surface area contributed by atoms with Crippen molar-refractivity contribution in [1.82, 2.24) is 4.98 Å². The van der Waals surface area contributed by atoms with Gasteiger partial charge in [-0.25, -0.2) is 4.98 Å². The Bertz CT molecular complexity index is 853. The highest BCUT2D eigenvalue weighted by Crippen LogP contribution is 2.24. The number of amides is 1. The normalized spacial score (nSPS) is 11.7. The zero-order valence-corrected chi connectivity index (χ0v) is 14.3. The summed E-state index contributed by atoms with van der Waals surface area (Å²) in [7, 11) is 0. The molecule has 2 aromatic heterocycles. The fraction of sp³-hybridized carbons (Fsp3) is 0.188. The van der Waals surface area contributed by atoms with Gasteiger partial charge in [0.05, 0.1) is 25.8 Å². The van der Waals surface area contributed by atoms with E-state index in [1.54, 1.807) is 22.7 Å². The lowest BCUT2D eigenvalue weighted by Gasteiger charge is -2.04. The quantitative estimate of drug-likeness (QED) is 0.560. The number of carbonyl (C=O) groups excluding carboxylic acids is 1. The molecule has 0 bridgehead atoms. The first kappa shape index (κ1) is 15.6. The van der Waals surface area contributed by atoms with Crippen LogP contribution in [0.25, 0.3) is 10.2 Å². The highest BCUT2D eigenvalue weighted by molar-refractivity contribution is 7.18. The molecule has 2 heterocycles. The number of hydrogen-bond donors (Lipinski definition) is 1. The lowest BCUT2D eigenvalue weighted by atomic mass is 10.3. The van der Waals surface area contributed by atoms with Crippen molar-refractivity contribution in [2.45, 2.75) is 13.8 Å². The molecule has 118 valence electrons. The second-order valence-electron chi connectivity index (χ2n) is 4.89. The number of aryl methyl sites for hydroxylation is 1. The van der Waals surface area contributed by atoms with Crippen LogP contribution in [0.4, 0.5) is 5.69 Å². The first-order valence-electron chi connectivity index (χ1n) is 6.99. The molecule has 0 fully saturated rings. The van der Waals surface area contributed by atoms with Gasteiger partial charge >= 0.3 is 0 Å². The third kappa shape index (κ3) is 3.94. The summed E-state index contributed by atoms with van der Waals surface area (Å²) in [5, 5.41) is 9.72. The van der Waals surface area contributed by atoms with Crippen LogP contribution in [-0.4, -0.2) is 23.2 Å². The van der Waals surface area contributed by atoms with E-state index in [1.165, 1.54) is 0 Å². The summed E-state index contributed by atoms with van der Waals surface area (Å²) in [5.41, 5.74) is 2.35. The van der Waals surface area contributed by atoms with Crippen LogP contribution in [0.15, 0.2) is 40.9 Å². The average Bonchev–Trinajstić information content (AvgIpc) is 3.15. The van der Waals surface area contributed by atoms with Gasteiger partial charge in [-0.05, 0) is 43.5 Å². The van der Waals surface area contributed by atoms with E-state index in [9.17, 15) is 4.79 Å². The highest BCUT2D eigenvalue weighted by atomic mass is 32.1. The molecule has 5 nitrogen and oxygen atoms in total. The van der Waals surface area contributed by atoms with Crippen LogP contribution in [0.2, 0.25) is 0 Å². The third-order valence-corrected chi connectivity index (χ3v) is 4.98. The van der Waals surface area contributed by atoms with E-state index in [1.807, 2.05) is 49.6 Å². The predicted molar refractivity (Wildman–Crippen MR) is 95.5 cm³/mol. The topological polar surface area (TPSA) is 63.6 Å². The summed E-state index contributed by atoms with van der Waals surface area (Å²) < 4.78 is 1.10. The number of thiophene rings is 1. The number of benzene rings is 1. The van der Waals surface area contributed by atoms with Crippen LogP contribution in [0.3, 0.4) is 0 Å². The number of rotatable bonds is 5. The van der Waals surface area contributed by atoms with E-state index in [0.29, 0.717) is 5.69 Å². The van der Waals surface area contributed by atoms with Crippen LogP contribution >= 0.6 is 22.7 Å². The maximum absolute atomic E-state index is 11.9. The Kier molecular flexibility index (Phi) is 4.68. The number of carbonyl (C=O) groups is 1. The van der Waals surface area contributed by atoms with Gasteiger partial charge in [-0.15, -0.1) is 22.7 Å². The molecule has 0 saturated heterocycles. The predicted octanol–water partition coefficient (Wildman–Crippen LogP) is 4.05. The molecule has 7 heteroatoms. The van der Waals surface area contributed by atoms with Crippen LogP contribution in [0.5, 0.6) is 0 Å².